The molecule has 0 saturated heterocycles. The van der Waals surface area contributed by atoms with Crippen LogP contribution < -0.4 is 5.32 Å². The third-order valence-corrected chi connectivity index (χ3v) is 4.23. The highest BCUT2D eigenvalue weighted by Crippen LogP contribution is 2.34. The molecule has 1 atom stereocenters. The van der Waals surface area contributed by atoms with Crippen molar-refractivity contribution in [3.8, 4) is 0 Å². The average molecular weight is 385 g/mol. The fraction of sp³-hybridized carbons (Fsp3) is 0.176. The molecule has 0 heterocycles. The molecule has 5 nitrogen and oxygen atoms in total. The lowest BCUT2D eigenvalue weighted by Crippen LogP contribution is -2.23. The van der Waals surface area contributed by atoms with Crippen LogP contribution in [0, 0.1) is 0 Å². The molecular formula is C17H14F3NO4S. The van der Waals surface area contributed by atoms with Crippen LogP contribution in [0.25, 0.3) is 0 Å². The normalized spacial score (nSPS) is 12.3. The van der Waals surface area contributed by atoms with Gasteiger partial charge in [-0.1, -0.05) is 24.3 Å². The minimum absolute atomic E-state index is 0.0248. The number of ether oxygens (including phenoxy) is 1. The summed E-state index contributed by atoms with van der Waals surface area (Å²) in [4.78, 5) is 24.1. The zero-order valence-corrected chi connectivity index (χ0v) is 14.3. The number of rotatable bonds is 5. The van der Waals surface area contributed by atoms with Crippen molar-refractivity contribution < 1.29 is 31.7 Å². The second kappa shape index (κ2) is 8.13. The quantitative estimate of drug-likeness (QED) is 0.802. The predicted molar refractivity (Wildman–Crippen MR) is 89.1 cm³/mol. The van der Waals surface area contributed by atoms with Crippen molar-refractivity contribution in [1.82, 2.24) is 0 Å². The van der Waals surface area contributed by atoms with Crippen molar-refractivity contribution in [2.45, 2.75) is 11.1 Å². The summed E-state index contributed by atoms with van der Waals surface area (Å²) in [7, 11) is -1.45. The second-order valence-electron chi connectivity index (χ2n) is 5.12. The van der Waals surface area contributed by atoms with Gasteiger partial charge in [-0.25, -0.2) is 4.79 Å². The van der Waals surface area contributed by atoms with Crippen LogP contribution in [0.4, 0.5) is 18.9 Å². The molecule has 0 aliphatic heterocycles. The molecule has 2 aromatic carbocycles. The van der Waals surface area contributed by atoms with Crippen molar-refractivity contribution in [2.75, 3.05) is 18.2 Å². The largest absolute Gasteiger partial charge is 0.452 e. The first-order valence-corrected chi connectivity index (χ1v) is 8.81. The number of carbonyl (C=O) groups is 2. The smallest absolute Gasteiger partial charge is 0.418 e. The van der Waals surface area contributed by atoms with Crippen LogP contribution in [-0.4, -0.2) is 28.9 Å². The monoisotopic (exact) mass is 385 g/mol. The summed E-state index contributed by atoms with van der Waals surface area (Å²) < 4.78 is 55.1. The maximum absolute atomic E-state index is 12.9. The molecule has 1 amide bonds. The SMILES string of the molecule is C[S@](=O)c1ccccc1C(=O)OCC(=O)Nc1ccccc1C(F)(F)F. The Balaban J connectivity index is 2.05. The van der Waals surface area contributed by atoms with Gasteiger partial charge in [-0.15, -0.1) is 0 Å². The molecule has 0 saturated carbocycles. The Bertz CT molecular complexity index is 852. The number of benzene rings is 2. The molecule has 0 fully saturated rings. The van der Waals surface area contributed by atoms with E-state index >= 15 is 0 Å². The van der Waals surface area contributed by atoms with Gasteiger partial charge in [0.15, 0.2) is 6.61 Å². The number of esters is 1. The Morgan fingerprint density at radius 2 is 1.69 bits per heavy atom. The first-order valence-electron chi connectivity index (χ1n) is 7.26. The van der Waals surface area contributed by atoms with Gasteiger partial charge in [0.05, 0.1) is 32.5 Å². The van der Waals surface area contributed by atoms with Crippen molar-refractivity contribution in [2.24, 2.45) is 0 Å². The van der Waals surface area contributed by atoms with Gasteiger partial charge in [0, 0.05) is 6.26 Å². The molecule has 0 bridgehead atoms. The van der Waals surface area contributed by atoms with E-state index in [9.17, 15) is 27.0 Å². The zero-order valence-electron chi connectivity index (χ0n) is 13.5. The molecule has 26 heavy (non-hydrogen) atoms. The lowest BCUT2D eigenvalue weighted by Gasteiger charge is -2.13. The number of anilines is 1. The number of halogens is 3. The van der Waals surface area contributed by atoms with Crippen LogP contribution in [0.1, 0.15) is 15.9 Å². The number of amides is 1. The van der Waals surface area contributed by atoms with E-state index in [0.717, 1.165) is 12.1 Å². The minimum Gasteiger partial charge on any atom is -0.452 e. The maximum atomic E-state index is 12.9. The number of hydrogen-bond acceptors (Lipinski definition) is 4. The van der Waals surface area contributed by atoms with Gasteiger partial charge in [-0.3, -0.25) is 9.00 Å². The number of nitrogens with one attached hydrogen (secondary N) is 1. The van der Waals surface area contributed by atoms with Crippen molar-refractivity contribution in [3.63, 3.8) is 0 Å². The highest BCUT2D eigenvalue weighted by Gasteiger charge is 2.33. The maximum Gasteiger partial charge on any atom is 0.418 e. The zero-order chi connectivity index (χ0) is 19.3. The van der Waals surface area contributed by atoms with E-state index in [1.54, 1.807) is 6.07 Å². The third-order valence-electron chi connectivity index (χ3n) is 3.26. The van der Waals surface area contributed by atoms with Gasteiger partial charge in [0.25, 0.3) is 5.91 Å². The average Bonchev–Trinajstić information content (AvgIpc) is 2.59. The second-order valence-corrected chi connectivity index (χ2v) is 6.47. The molecule has 1 N–H and O–H groups in total. The number of carbonyl (C=O) groups excluding carboxylic acids is 2. The standard InChI is InChI=1S/C17H14F3NO4S/c1-26(24)14-9-5-2-6-11(14)16(23)25-10-15(22)21-13-8-4-3-7-12(13)17(18,19)20/h2-9H,10H2,1H3,(H,21,22)/t26-/m0/s1. The van der Waals surface area contributed by atoms with Crippen LogP contribution in [0.3, 0.4) is 0 Å². The highest BCUT2D eigenvalue weighted by atomic mass is 32.2. The Hall–Kier alpha value is -2.68. The first-order chi connectivity index (χ1) is 12.2. The number of hydrogen-bond donors (Lipinski definition) is 1. The van der Waals surface area contributed by atoms with E-state index in [-0.39, 0.29) is 10.5 Å². The molecule has 0 aromatic heterocycles. The van der Waals surface area contributed by atoms with Gasteiger partial charge in [0.1, 0.15) is 0 Å². The Morgan fingerprint density at radius 3 is 2.35 bits per heavy atom. The Kier molecular flexibility index (Phi) is 6.14. The fourth-order valence-corrected chi connectivity index (χ4v) is 2.85. The van der Waals surface area contributed by atoms with E-state index in [0.29, 0.717) is 0 Å². The molecule has 0 aliphatic carbocycles. The Morgan fingerprint density at radius 1 is 1.08 bits per heavy atom. The number of para-hydroxylation sites is 1. The summed E-state index contributed by atoms with van der Waals surface area (Å²) in [5.41, 5.74) is -1.42. The van der Waals surface area contributed by atoms with E-state index in [4.69, 9.17) is 4.74 Å². The van der Waals surface area contributed by atoms with Gasteiger partial charge < -0.3 is 10.1 Å². The molecule has 2 rings (SSSR count). The van der Waals surface area contributed by atoms with Crippen LogP contribution in [-0.2, 0) is 26.5 Å². The highest BCUT2D eigenvalue weighted by molar-refractivity contribution is 7.84. The summed E-state index contributed by atoms with van der Waals surface area (Å²) in [6.45, 7) is -0.782. The first kappa shape index (κ1) is 19.6. The van der Waals surface area contributed by atoms with Gasteiger partial charge in [-0.2, -0.15) is 13.2 Å². The molecule has 0 unspecified atom stereocenters. The van der Waals surface area contributed by atoms with E-state index in [2.05, 4.69) is 5.32 Å². The van der Waals surface area contributed by atoms with Crippen LogP contribution >= 0.6 is 0 Å². The molecular weight excluding hydrogens is 371 g/mol. The van der Waals surface area contributed by atoms with E-state index in [1.165, 1.54) is 36.6 Å². The van der Waals surface area contributed by atoms with Gasteiger partial charge in [0.2, 0.25) is 0 Å². The summed E-state index contributed by atoms with van der Waals surface area (Å²) >= 11 is 0. The summed E-state index contributed by atoms with van der Waals surface area (Å²) in [6.07, 6.45) is -3.25. The van der Waals surface area contributed by atoms with Crippen LogP contribution in [0.15, 0.2) is 53.4 Å². The number of alkyl halides is 3. The summed E-state index contributed by atoms with van der Waals surface area (Å²) in [5.74, 6) is -1.82. The molecule has 2 aromatic rings. The van der Waals surface area contributed by atoms with Crippen molar-refractivity contribution in [1.29, 1.82) is 0 Å². The lowest BCUT2D eigenvalue weighted by atomic mass is 10.1. The third kappa shape index (κ3) is 4.92. The van der Waals surface area contributed by atoms with Gasteiger partial charge >= 0.3 is 12.1 Å². The van der Waals surface area contributed by atoms with Crippen LogP contribution in [0.5, 0.6) is 0 Å². The van der Waals surface area contributed by atoms with Gasteiger partial charge in [-0.05, 0) is 24.3 Å². The van der Waals surface area contributed by atoms with Crippen molar-refractivity contribution in [3.05, 3.63) is 59.7 Å². The molecule has 138 valence electrons. The predicted octanol–water partition coefficient (Wildman–Crippen LogP) is 3.24. The molecule has 0 spiro atoms. The topological polar surface area (TPSA) is 72.5 Å². The molecule has 0 radical (unpaired) electrons. The summed E-state index contributed by atoms with van der Waals surface area (Å²) in [5, 5.41) is 2.07. The van der Waals surface area contributed by atoms with Crippen molar-refractivity contribution >= 4 is 28.4 Å². The van der Waals surface area contributed by atoms with E-state index < -0.39 is 46.7 Å². The molecule has 9 heteroatoms. The fourth-order valence-electron chi connectivity index (χ4n) is 2.12. The van der Waals surface area contributed by atoms with E-state index in [1.807, 2.05) is 0 Å². The minimum atomic E-state index is -4.63. The lowest BCUT2D eigenvalue weighted by molar-refractivity contribution is -0.137. The summed E-state index contributed by atoms with van der Waals surface area (Å²) in [6, 6.07) is 10.4. The van der Waals surface area contributed by atoms with Crippen LogP contribution in [0.2, 0.25) is 0 Å². The Labute approximate surface area is 149 Å². The molecule has 0 aliphatic rings.